The number of hydrogen-bond donors (Lipinski definition) is 6. The fraction of sp³-hybridized carbons (Fsp3) is 0.320. The molecule has 0 heterocycles. The topological polar surface area (TPSA) is 194 Å². The lowest BCUT2D eigenvalue weighted by molar-refractivity contribution is -0.141. The van der Waals surface area contributed by atoms with Crippen LogP contribution in [0.3, 0.4) is 0 Å². The summed E-state index contributed by atoms with van der Waals surface area (Å²) in [7, 11) is 0. The van der Waals surface area contributed by atoms with E-state index < -0.39 is 54.3 Å². The number of hydrogen-bond acceptors (Lipinski definition) is 6. The number of rotatable bonds is 14. The summed E-state index contributed by atoms with van der Waals surface area (Å²) in [6.07, 6.45) is 0.124. The van der Waals surface area contributed by atoms with E-state index in [4.69, 9.17) is 11.5 Å². The van der Waals surface area contributed by atoms with E-state index in [1.165, 1.54) is 0 Å². The van der Waals surface area contributed by atoms with E-state index in [9.17, 15) is 29.1 Å². The standard InChI is InChI=1S/C25H31N5O6/c26-18(11-12-21(27)31)23(33)30-19(13-16-7-3-1-4-8-16)24(34)28-15-22(32)29-20(25(35)36)14-17-9-5-2-6-10-17/h1-10,18-20H,11-15,26H2,(H2,27,31)(H,28,34)(H,29,32)(H,30,33)(H,35,36). The van der Waals surface area contributed by atoms with Gasteiger partial charge in [0, 0.05) is 19.3 Å². The molecular weight excluding hydrogens is 466 g/mol. The van der Waals surface area contributed by atoms with Crippen molar-refractivity contribution in [1.29, 1.82) is 0 Å². The minimum Gasteiger partial charge on any atom is -0.480 e. The first-order chi connectivity index (χ1) is 17.2. The van der Waals surface area contributed by atoms with Gasteiger partial charge in [-0.25, -0.2) is 4.79 Å². The lowest BCUT2D eigenvalue weighted by Gasteiger charge is -2.21. The third-order valence-electron chi connectivity index (χ3n) is 5.29. The molecule has 2 aromatic carbocycles. The number of nitrogens with two attached hydrogens (primary N) is 2. The monoisotopic (exact) mass is 497 g/mol. The molecule has 36 heavy (non-hydrogen) atoms. The average molecular weight is 498 g/mol. The van der Waals surface area contributed by atoms with Crippen LogP contribution in [0, 0.1) is 0 Å². The highest BCUT2D eigenvalue weighted by molar-refractivity contribution is 5.93. The molecule has 0 aliphatic heterocycles. The van der Waals surface area contributed by atoms with E-state index in [1.807, 2.05) is 0 Å². The number of carbonyl (C=O) groups excluding carboxylic acids is 4. The van der Waals surface area contributed by atoms with Crippen LogP contribution in [-0.2, 0) is 36.8 Å². The van der Waals surface area contributed by atoms with Gasteiger partial charge in [-0.1, -0.05) is 60.7 Å². The van der Waals surface area contributed by atoms with Crippen molar-refractivity contribution in [2.75, 3.05) is 6.54 Å². The van der Waals surface area contributed by atoms with Crippen molar-refractivity contribution in [3.63, 3.8) is 0 Å². The SMILES string of the molecule is NC(=O)CCC(N)C(=O)NC(Cc1ccccc1)C(=O)NCC(=O)NC(Cc1ccccc1)C(=O)O. The molecule has 0 fully saturated rings. The largest absolute Gasteiger partial charge is 0.480 e. The van der Waals surface area contributed by atoms with Crippen LogP contribution in [0.4, 0.5) is 0 Å². The van der Waals surface area contributed by atoms with E-state index in [0.29, 0.717) is 0 Å². The second-order valence-corrected chi connectivity index (χ2v) is 8.23. The highest BCUT2D eigenvalue weighted by Gasteiger charge is 2.26. The Kier molecular flexibility index (Phi) is 11.1. The van der Waals surface area contributed by atoms with E-state index in [1.54, 1.807) is 60.7 Å². The summed E-state index contributed by atoms with van der Waals surface area (Å²) in [4.78, 5) is 60.2. The lowest BCUT2D eigenvalue weighted by atomic mass is 10.0. The molecule has 3 unspecified atom stereocenters. The normalized spacial score (nSPS) is 13.0. The van der Waals surface area contributed by atoms with Gasteiger partial charge in [-0.3, -0.25) is 19.2 Å². The minimum atomic E-state index is -1.21. The third-order valence-corrected chi connectivity index (χ3v) is 5.29. The van der Waals surface area contributed by atoms with Crippen LogP contribution >= 0.6 is 0 Å². The summed E-state index contributed by atoms with van der Waals surface area (Å²) in [5.41, 5.74) is 12.4. The maximum Gasteiger partial charge on any atom is 0.326 e. The molecular formula is C25H31N5O6. The van der Waals surface area contributed by atoms with Crippen LogP contribution in [0.15, 0.2) is 60.7 Å². The Morgan fingerprint density at radius 1 is 0.778 bits per heavy atom. The van der Waals surface area contributed by atoms with Gasteiger partial charge in [0.1, 0.15) is 12.1 Å². The number of amides is 4. The molecule has 8 N–H and O–H groups in total. The van der Waals surface area contributed by atoms with Gasteiger partial charge in [0.2, 0.25) is 23.6 Å². The summed E-state index contributed by atoms with van der Waals surface area (Å²) < 4.78 is 0. The number of primary amides is 1. The Morgan fingerprint density at radius 2 is 1.31 bits per heavy atom. The maximum atomic E-state index is 12.8. The first-order valence-electron chi connectivity index (χ1n) is 11.4. The Hall–Kier alpha value is -4.25. The second kappa shape index (κ2) is 14.2. The van der Waals surface area contributed by atoms with Gasteiger partial charge in [0.15, 0.2) is 0 Å². The summed E-state index contributed by atoms with van der Waals surface area (Å²) in [5.74, 6) is -3.81. The minimum absolute atomic E-state index is 0.0151. The van der Waals surface area contributed by atoms with Gasteiger partial charge < -0.3 is 32.5 Å². The highest BCUT2D eigenvalue weighted by Crippen LogP contribution is 2.06. The fourth-order valence-corrected chi connectivity index (χ4v) is 3.35. The van der Waals surface area contributed by atoms with Crippen molar-refractivity contribution in [3.05, 3.63) is 71.8 Å². The van der Waals surface area contributed by atoms with Crippen LogP contribution in [0.2, 0.25) is 0 Å². The first kappa shape index (κ1) is 28.0. The maximum absolute atomic E-state index is 12.8. The van der Waals surface area contributed by atoms with E-state index in [0.717, 1.165) is 11.1 Å². The van der Waals surface area contributed by atoms with Crippen LogP contribution < -0.4 is 27.4 Å². The quantitative estimate of drug-likeness (QED) is 0.197. The molecule has 192 valence electrons. The molecule has 2 aromatic rings. The van der Waals surface area contributed by atoms with Gasteiger partial charge in [-0.05, 0) is 17.5 Å². The predicted octanol–water partition coefficient (Wildman–Crippen LogP) is -0.765. The molecule has 11 nitrogen and oxygen atoms in total. The number of carboxylic acids is 1. The molecule has 3 atom stereocenters. The molecule has 0 aromatic heterocycles. The smallest absolute Gasteiger partial charge is 0.326 e. The third kappa shape index (κ3) is 9.94. The molecule has 11 heteroatoms. The number of aliphatic carboxylic acids is 1. The molecule has 0 radical (unpaired) electrons. The fourth-order valence-electron chi connectivity index (χ4n) is 3.35. The predicted molar refractivity (Wildman–Crippen MR) is 131 cm³/mol. The zero-order valence-corrected chi connectivity index (χ0v) is 19.7. The van der Waals surface area contributed by atoms with Crippen LogP contribution in [0.1, 0.15) is 24.0 Å². The summed E-state index contributed by atoms with van der Waals surface area (Å²) in [6.45, 7) is -0.494. The number of benzene rings is 2. The molecule has 0 aliphatic carbocycles. The Morgan fingerprint density at radius 3 is 1.81 bits per heavy atom. The van der Waals surface area contributed by atoms with Crippen LogP contribution in [0.5, 0.6) is 0 Å². The van der Waals surface area contributed by atoms with Crippen molar-refractivity contribution in [2.24, 2.45) is 11.5 Å². The molecule has 0 bridgehead atoms. The van der Waals surface area contributed by atoms with Crippen LogP contribution in [-0.4, -0.2) is 59.4 Å². The summed E-state index contributed by atoms with van der Waals surface area (Å²) >= 11 is 0. The zero-order valence-electron chi connectivity index (χ0n) is 19.7. The van der Waals surface area contributed by atoms with Crippen molar-refractivity contribution < 1.29 is 29.1 Å². The van der Waals surface area contributed by atoms with Gasteiger partial charge >= 0.3 is 5.97 Å². The van der Waals surface area contributed by atoms with E-state index in [2.05, 4.69) is 16.0 Å². The number of carbonyl (C=O) groups is 5. The van der Waals surface area contributed by atoms with Gasteiger partial charge in [-0.2, -0.15) is 0 Å². The number of carboxylic acid groups (broad SMARTS) is 1. The van der Waals surface area contributed by atoms with E-state index in [-0.39, 0.29) is 25.7 Å². The Bertz CT molecular complexity index is 1050. The Balaban J connectivity index is 1.99. The zero-order chi connectivity index (χ0) is 26.5. The van der Waals surface area contributed by atoms with Crippen molar-refractivity contribution in [2.45, 2.75) is 43.8 Å². The van der Waals surface area contributed by atoms with Gasteiger partial charge in [-0.15, -0.1) is 0 Å². The molecule has 0 saturated heterocycles. The number of nitrogens with one attached hydrogen (secondary N) is 3. The second-order valence-electron chi connectivity index (χ2n) is 8.23. The highest BCUT2D eigenvalue weighted by atomic mass is 16.4. The van der Waals surface area contributed by atoms with Gasteiger partial charge in [0.25, 0.3) is 0 Å². The van der Waals surface area contributed by atoms with E-state index >= 15 is 0 Å². The van der Waals surface area contributed by atoms with Gasteiger partial charge in [0.05, 0.1) is 12.6 Å². The molecule has 0 spiro atoms. The summed E-state index contributed by atoms with van der Waals surface area (Å²) in [6, 6.07) is 14.4. The van der Waals surface area contributed by atoms with Crippen molar-refractivity contribution in [1.82, 2.24) is 16.0 Å². The van der Waals surface area contributed by atoms with Crippen LogP contribution in [0.25, 0.3) is 0 Å². The molecule has 2 rings (SSSR count). The molecule has 4 amide bonds. The lowest BCUT2D eigenvalue weighted by Crippen LogP contribution is -2.54. The molecule has 0 saturated carbocycles. The molecule has 0 aliphatic rings. The van der Waals surface area contributed by atoms with Crippen molar-refractivity contribution >= 4 is 29.6 Å². The summed E-state index contributed by atoms with van der Waals surface area (Å²) in [5, 5.41) is 16.8. The average Bonchev–Trinajstić information content (AvgIpc) is 2.86. The van der Waals surface area contributed by atoms with Crippen molar-refractivity contribution in [3.8, 4) is 0 Å². The Labute approximate surface area is 208 Å². The first-order valence-corrected chi connectivity index (χ1v) is 11.4.